The van der Waals surface area contributed by atoms with E-state index in [1.165, 1.54) is 17.0 Å². The molecule has 5 nitrogen and oxygen atoms in total. The van der Waals surface area contributed by atoms with E-state index < -0.39 is 11.7 Å². The van der Waals surface area contributed by atoms with Crippen LogP contribution >= 0.6 is 0 Å². The molecule has 0 radical (unpaired) electrons. The highest BCUT2D eigenvalue weighted by Gasteiger charge is 2.31. The first kappa shape index (κ1) is 12.4. The van der Waals surface area contributed by atoms with E-state index in [0.29, 0.717) is 5.82 Å². The Bertz CT molecular complexity index is 561. The third-order valence-corrected chi connectivity index (χ3v) is 2.36. The summed E-state index contributed by atoms with van der Waals surface area (Å²) in [6, 6.07) is 1.78. The van der Waals surface area contributed by atoms with E-state index >= 15 is 0 Å². The number of nitrogen functional groups attached to an aromatic ring is 1. The number of halogens is 3. The van der Waals surface area contributed by atoms with Crippen LogP contribution in [0.15, 0.2) is 24.5 Å². The number of hydrogen-bond donors (Lipinski definition) is 2. The second kappa shape index (κ2) is 4.30. The molecule has 2 heterocycles. The first-order valence-corrected chi connectivity index (χ1v) is 4.98. The number of anilines is 1. The standard InChI is InChI=1S/C10H10F3N5/c1-6-15-2-3-18(6)9-5-7(10(11,12)13)4-8(16-9)17-14/h2-5H,14H2,1H3,(H,16,17). The minimum Gasteiger partial charge on any atom is -0.308 e. The highest BCUT2D eigenvalue weighted by atomic mass is 19.4. The molecule has 96 valence electrons. The normalized spacial score (nSPS) is 11.6. The lowest BCUT2D eigenvalue weighted by atomic mass is 10.2. The summed E-state index contributed by atoms with van der Waals surface area (Å²) in [5.74, 6) is 5.69. The molecule has 8 heteroatoms. The van der Waals surface area contributed by atoms with E-state index in [-0.39, 0.29) is 11.6 Å². The number of alkyl halides is 3. The first-order chi connectivity index (χ1) is 8.41. The molecule has 0 saturated carbocycles. The summed E-state index contributed by atoms with van der Waals surface area (Å²) >= 11 is 0. The molecule has 0 fully saturated rings. The van der Waals surface area contributed by atoms with Crippen LogP contribution in [0.4, 0.5) is 19.0 Å². The molecule has 0 amide bonds. The average molecular weight is 257 g/mol. The van der Waals surface area contributed by atoms with Crippen LogP contribution < -0.4 is 11.3 Å². The smallest absolute Gasteiger partial charge is 0.308 e. The highest BCUT2D eigenvalue weighted by Crippen LogP contribution is 2.31. The van der Waals surface area contributed by atoms with Gasteiger partial charge in [-0.05, 0) is 19.1 Å². The minimum atomic E-state index is -4.46. The molecule has 0 saturated heterocycles. The van der Waals surface area contributed by atoms with Crippen LogP contribution in [0.3, 0.4) is 0 Å². The summed E-state index contributed by atoms with van der Waals surface area (Å²) in [6.07, 6.45) is -1.46. The average Bonchev–Trinajstić information content (AvgIpc) is 2.73. The third-order valence-electron chi connectivity index (χ3n) is 2.36. The predicted octanol–water partition coefficient (Wildman–Crippen LogP) is 1.88. The van der Waals surface area contributed by atoms with Gasteiger partial charge in [-0.2, -0.15) is 13.2 Å². The maximum Gasteiger partial charge on any atom is 0.416 e. The summed E-state index contributed by atoms with van der Waals surface area (Å²) in [4.78, 5) is 7.89. The molecular weight excluding hydrogens is 247 g/mol. The van der Waals surface area contributed by atoms with Gasteiger partial charge in [-0.3, -0.25) is 4.57 Å². The van der Waals surface area contributed by atoms with E-state index in [1.807, 2.05) is 0 Å². The molecule has 0 atom stereocenters. The lowest BCUT2D eigenvalue weighted by Gasteiger charge is -2.12. The minimum absolute atomic E-state index is 0.0621. The van der Waals surface area contributed by atoms with Crippen molar-refractivity contribution in [2.24, 2.45) is 5.84 Å². The van der Waals surface area contributed by atoms with Gasteiger partial charge in [-0.15, -0.1) is 0 Å². The molecule has 0 aliphatic rings. The number of rotatable bonds is 2. The largest absolute Gasteiger partial charge is 0.416 e. The van der Waals surface area contributed by atoms with E-state index in [1.54, 1.807) is 6.92 Å². The van der Waals surface area contributed by atoms with Gasteiger partial charge in [0.1, 0.15) is 17.5 Å². The Kier molecular flexibility index (Phi) is 2.95. The Labute approximate surface area is 100 Å². The van der Waals surface area contributed by atoms with E-state index in [2.05, 4.69) is 15.4 Å². The molecule has 2 aromatic rings. The molecule has 0 aliphatic heterocycles. The van der Waals surface area contributed by atoms with Crippen molar-refractivity contribution in [3.8, 4) is 5.82 Å². The van der Waals surface area contributed by atoms with Crippen LogP contribution in [-0.4, -0.2) is 14.5 Å². The van der Waals surface area contributed by atoms with Crippen LogP contribution in [0.2, 0.25) is 0 Å². The molecule has 2 rings (SSSR count). The fraction of sp³-hybridized carbons (Fsp3) is 0.200. The molecular formula is C10H10F3N5. The number of nitrogens with one attached hydrogen (secondary N) is 1. The van der Waals surface area contributed by atoms with Crippen molar-refractivity contribution < 1.29 is 13.2 Å². The summed E-state index contributed by atoms with van der Waals surface area (Å²) in [6.45, 7) is 1.66. The lowest BCUT2D eigenvalue weighted by molar-refractivity contribution is -0.137. The zero-order valence-electron chi connectivity index (χ0n) is 9.36. The predicted molar refractivity (Wildman–Crippen MR) is 58.9 cm³/mol. The van der Waals surface area contributed by atoms with Gasteiger partial charge in [0.15, 0.2) is 0 Å². The first-order valence-electron chi connectivity index (χ1n) is 4.98. The number of nitrogens with two attached hydrogens (primary N) is 1. The molecule has 0 unspecified atom stereocenters. The Morgan fingerprint density at radius 1 is 1.33 bits per heavy atom. The summed E-state index contributed by atoms with van der Waals surface area (Å²) in [5, 5.41) is 0. The maximum absolute atomic E-state index is 12.7. The van der Waals surface area contributed by atoms with Gasteiger partial charge in [-0.25, -0.2) is 15.8 Å². The van der Waals surface area contributed by atoms with Crippen LogP contribution in [-0.2, 0) is 6.18 Å². The second-order valence-electron chi connectivity index (χ2n) is 3.59. The van der Waals surface area contributed by atoms with Crippen LogP contribution in [0.1, 0.15) is 11.4 Å². The highest BCUT2D eigenvalue weighted by molar-refractivity contribution is 5.44. The van der Waals surface area contributed by atoms with Crippen molar-refractivity contribution in [3.05, 3.63) is 35.9 Å². The fourth-order valence-electron chi connectivity index (χ4n) is 1.50. The third kappa shape index (κ3) is 2.28. The summed E-state index contributed by atoms with van der Waals surface area (Å²) in [7, 11) is 0. The lowest BCUT2D eigenvalue weighted by Crippen LogP contribution is -2.14. The number of hydrazine groups is 1. The van der Waals surface area contributed by atoms with Gasteiger partial charge >= 0.3 is 6.18 Å². The van der Waals surface area contributed by atoms with Crippen LogP contribution in [0.5, 0.6) is 0 Å². The number of aryl methyl sites for hydroxylation is 1. The quantitative estimate of drug-likeness (QED) is 0.636. The van der Waals surface area contributed by atoms with E-state index in [9.17, 15) is 13.2 Å². The number of hydrogen-bond acceptors (Lipinski definition) is 4. The molecule has 0 aromatic carbocycles. The molecule has 2 aromatic heterocycles. The Hall–Kier alpha value is -2.09. The number of pyridine rings is 1. The Morgan fingerprint density at radius 2 is 2.06 bits per heavy atom. The molecule has 3 N–H and O–H groups in total. The summed E-state index contributed by atoms with van der Waals surface area (Å²) < 4.78 is 39.6. The molecule has 18 heavy (non-hydrogen) atoms. The molecule has 0 spiro atoms. The van der Waals surface area contributed by atoms with Crippen LogP contribution in [0, 0.1) is 6.92 Å². The van der Waals surface area contributed by atoms with Gasteiger partial charge in [0.05, 0.1) is 5.56 Å². The van der Waals surface area contributed by atoms with Crippen molar-refractivity contribution in [2.75, 3.05) is 5.43 Å². The second-order valence-corrected chi connectivity index (χ2v) is 3.59. The van der Waals surface area contributed by atoms with E-state index in [0.717, 1.165) is 12.1 Å². The Morgan fingerprint density at radius 3 is 2.56 bits per heavy atom. The maximum atomic E-state index is 12.7. The van der Waals surface area contributed by atoms with E-state index in [4.69, 9.17) is 5.84 Å². The van der Waals surface area contributed by atoms with Crippen molar-refractivity contribution in [3.63, 3.8) is 0 Å². The van der Waals surface area contributed by atoms with Crippen molar-refractivity contribution in [1.29, 1.82) is 0 Å². The molecule has 0 aliphatic carbocycles. The number of imidazole rings is 1. The van der Waals surface area contributed by atoms with Gasteiger partial charge in [-0.1, -0.05) is 0 Å². The van der Waals surface area contributed by atoms with Gasteiger partial charge in [0.2, 0.25) is 0 Å². The van der Waals surface area contributed by atoms with Crippen molar-refractivity contribution in [2.45, 2.75) is 13.1 Å². The topological polar surface area (TPSA) is 68.8 Å². The van der Waals surface area contributed by atoms with Crippen LogP contribution in [0.25, 0.3) is 5.82 Å². The monoisotopic (exact) mass is 257 g/mol. The van der Waals surface area contributed by atoms with Crippen molar-refractivity contribution >= 4 is 5.82 Å². The van der Waals surface area contributed by atoms with Gasteiger partial charge in [0.25, 0.3) is 0 Å². The zero-order valence-corrected chi connectivity index (χ0v) is 9.36. The fourth-order valence-corrected chi connectivity index (χ4v) is 1.50. The van der Waals surface area contributed by atoms with Crippen molar-refractivity contribution in [1.82, 2.24) is 14.5 Å². The van der Waals surface area contributed by atoms with Gasteiger partial charge in [0, 0.05) is 12.4 Å². The SMILES string of the molecule is Cc1nccn1-c1cc(C(F)(F)F)cc(NN)n1. The zero-order chi connectivity index (χ0) is 13.3. The summed E-state index contributed by atoms with van der Waals surface area (Å²) in [5.41, 5.74) is 1.29. The Balaban J connectivity index is 2.58. The van der Waals surface area contributed by atoms with Gasteiger partial charge < -0.3 is 5.43 Å². The number of nitrogens with zero attached hydrogens (tertiary/aromatic N) is 3. The molecule has 0 bridgehead atoms. The number of aromatic nitrogens is 3.